The van der Waals surface area contributed by atoms with Crippen LogP contribution in [0.3, 0.4) is 0 Å². The number of carbonyl (C=O) groups is 1. The highest BCUT2D eigenvalue weighted by Gasteiger charge is 2.34. The molecule has 0 bridgehead atoms. The largest absolute Gasteiger partial charge is 0.463 e. The number of hydrogen-bond donors (Lipinski definition) is 0. The van der Waals surface area contributed by atoms with Crippen LogP contribution >= 0.6 is 0 Å². The number of aryl methyl sites for hydroxylation is 1. The van der Waals surface area contributed by atoms with Crippen LogP contribution in [0.1, 0.15) is 18.4 Å². The standard InChI is InChI=1S/C18H22N6O3/c1-3-27-18(25)14-8-20-17(16-19-4-5-22(16)2)24-7-6-23(10-15(14)24)9-13-11-26-12-21-13/h4-5,11-12H,3,6-10H2,1-2H3. The second-order valence-corrected chi connectivity index (χ2v) is 6.49. The molecule has 0 spiro atoms. The van der Waals surface area contributed by atoms with Gasteiger partial charge in [0.2, 0.25) is 0 Å². The number of hydrogen-bond acceptors (Lipinski definition) is 8. The molecular formula is C18H22N6O3. The van der Waals surface area contributed by atoms with Crippen molar-refractivity contribution in [3.05, 3.63) is 47.8 Å². The third-order valence-electron chi connectivity index (χ3n) is 4.74. The van der Waals surface area contributed by atoms with Crippen molar-refractivity contribution in [1.29, 1.82) is 0 Å². The normalized spacial score (nSPS) is 17.7. The zero-order valence-electron chi connectivity index (χ0n) is 15.5. The molecule has 2 aliphatic heterocycles. The van der Waals surface area contributed by atoms with Gasteiger partial charge in [0.15, 0.2) is 18.1 Å². The van der Waals surface area contributed by atoms with Crippen molar-refractivity contribution >= 4 is 11.8 Å². The van der Waals surface area contributed by atoms with Crippen molar-refractivity contribution in [2.24, 2.45) is 12.0 Å². The lowest BCUT2D eigenvalue weighted by atomic mass is 10.1. The van der Waals surface area contributed by atoms with E-state index in [4.69, 9.17) is 9.15 Å². The Morgan fingerprint density at radius 2 is 2.22 bits per heavy atom. The van der Waals surface area contributed by atoms with Crippen molar-refractivity contribution in [3.8, 4) is 0 Å². The molecule has 0 N–H and O–H groups in total. The minimum atomic E-state index is -0.302. The minimum Gasteiger partial charge on any atom is -0.463 e. The highest BCUT2D eigenvalue weighted by Crippen LogP contribution is 2.26. The van der Waals surface area contributed by atoms with Gasteiger partial charge in [0.1, 0.15) is 6.26 Å². The fraction of sp³-hybridized carbons (Fsp3) is 0.444. The lowest BCUT2D eigenvalue weighted by Crippen LogP contribution is -2.50. The fourth-order valence-corrected chi connectivity index (χ4v) is 3.43. The number of nitrogens with zero attached hydrogens (tertiary/aromatic N) is 6. The minimum absolute atomic E-state index is 0.296. The predicted octanol–water partition coefficient (Wildman–Crippen LogP) is 0.803. The number of carbonyl (C=O) groups excluding carboxylic acids is 1. The van der Waals surface area contributed by atoms with E-state index >= 15 is 0 Å². The molecule has 2 aromatic heterocycles. The smallest absolute Gasteiger partial charge is 0.337 e. The first-order chi connectivity index (χ1) is 13.2. The molecule has 2 aliphatic rings. The Labute approximate surface area is 157 Å². The Kier molecular flexibility index (Phi) is 4.76. The van der Waals surface area contributed by atoms with Crippen LogP contribution in [0.4, 0.5) is 0 Å². The van der Waals surface area contributed by atoms with Gasteiger partial charge >= 0.3 is 5.97 Å². The van der Waals surface area contributed by atoms with Crippen LogP contribution < -0.4 is 0 Å². The summed E-state index contributed by atoms with van der Waals surface area (Å²) in [5.74, 6) is 1.29. The predicted molar refractivity (Wildman–Crippen MR) is 96.8 cm³/mol. The van der Waals surface area contributed by atoms with Gasteiger partial charge in [-0.05, 0) is 6.92 Å². The zero-order chi connectivity index (χ0) is 18.8. The number of esters is 1. The number of piperazine rings is 1. The number of rotatable bonds is 5. The molecule has 9 nitrogen and oxygen atoms in total. The van der Waals surface area contributed by atoms with Gasteiger partial charge in [-0.1, -0.05) is 0 Å². The van der Waals surface area contributed by atoms with Crippen LogP contribution in [-0.4, -0.2) is 68.9 Å². The molecule has 27 heavy (non-hydrogen) atoms. The van der Waals surface area contributed by atoms with E-state index in [9.17, 15) is 4.79 Å². The summed E-state index contributed by atoms with van der Waals surface area (Å²) in [5.41, 5.74) is 2.41. The lowest BCUT2D eigenvalue weighted by Gasteiger charge is -2.40. The van der Waals surface area contributed by atoms with Gasteiger partial charge < -0.3 is 18.6 Å². The number of oxazole rings is 1. The van der Waals surface area contributed by atoms with Crippen LogP contribution in [0.2, 0.25) is 0 Å². The molecule has 0 aliphatic carbocycles. The first-order valence-electron chi connectivity index (χ1n) is 8.95. The maximum absolute atomic E-state index is 12.5. The highest BCUT2D eigenvalue weighted by molar-refractivity contribution is 6.01. The fourth-order valence-electron chi connectivity index (χ4n) is 3.43. The number of amidine groups is 1. The van der Waals surface area contributed by atoms with Gasteiger partial charge in [0, 0.05) is 51.3 Å². The first-order valence-corrected chi connectivity index (χ1v) is 8.95. The topological polar surface area (TPSA) is 89.0 Å². The lowest BCUT2D eigenvalue weighted by molar-refractivity contribution is -0.138. The van der Waals surface area contributed by atoms with Gasteiger partial charge in [-0.15, -0.1) is 0 Å². The summed E-state index contributed by atoms with van der Waals surface area (Å²) in [6.45, 7) is 5.25. The van der Waals surface area contributed by atoms with Gasteiger partial charge in [-0.2, -0.15) is 0 Å². The molecule has 4 heterocycles. The first kappa shape index (κ1) is 17.5. The van der Waals surface area contributed by atoms with E-state index in [-0.39, 0.29) is 5.97 Å². The quantitative estimate of drug-likeness (QED) is 0.719. The summed E-state index contributed by atoms with van der Waals surface area (Å²) in [5, 5.41) is 0. The van der Waals surface area contributed by atoms with Crippen LogP contribution in [0.25, 0.3) is 0 Å². The van der Waals surface area contributed by atoms with Crippen LogP contribution in [0.5, 0.6) is 0 Å². The molecular weight excluding hydrogens is 348 g/mol. The van der Waals surface area contributed by atoms with E-state index in [2.05, 4.69) is 24.8 Å². The summed E-state index contributed by atoms with van der Waals surface area (Å²) in [7, 11) is 1.94. The number of aromatic nitrogens is 3. The maximum Gasteiger partial charge on any atom is 0.337 e. The Balaban J connectivity index is 1.63. The van der Waals surface area contributed by atoms with Crippen molar-refractivity contribution in [1.82, 2.24) is 24.3 Å². The number of ether oxygens (including phenoxy) is 1. The van der Waals surface area contributed by atoms with Gasteiger partial charge in [0.05, 0.1) is 24.4 Å². The number of fused-ring (bicyclic) bond motifs is 1. The third kappa shape index (κ3) is 3.37. The highest BCUT2D eigenvalue weighted by atomic mass is 16.5. The summed E-state index contributed by atoms with van der Waals surface area (Å²) < 4.78 is 12.3. The molecule has 0 saturated carbocycles. The summed E-state index contributed by atoms with van der Waals surface area (Å²) >= 11 is 0. The molecule has 9 heteroatoms. The number of aliphatic imine (C=N–C) groups is 1. The molecule has 1 fully saturated rings. The Morgan fingerprint density at radius 3 is 2.93 bits per heavy atom. The average molecular weight is 370 g/mol. The SMILES string of the molecule is CCOC(=O)C1=C2CN(Cc3cocn3)CCN2C(c2nccn2C)=NC1. The molecule has 0 unspecified atom stereocenters. The average Bonchev–Trinajstić information content (AvgIpc) is 3.32. The molecule has 1 saturated heterocycles. The van der Waals surface area contributed by atoms with E-state index in [1.807, 2.05) is 24.7 Å². The van der Waals surface area contributed by atoms with Crippen LogP contribution in [0.15, 0.2) is 45.7 Å². The van der Waals surface area contributed by atoms with Crippen molar-refractivity contribution in [3.63, 3.8) is 0 Å². The molecule has 2 aromatic rings. The number of imidazole rings is 1. The van der Waals surface area contributed by atoms with E-state index in [1.54, 1.807) is 12.5 Å². The van der Waals surface area contributed by atoms with Gasteiger partial charge in [-0.3, -0.25) is 9.89 Å². The van der Waals surface area contributed by atoms with E-state index in [0.29, 0.717) is 38.4 Å². The summed E-state index contributed by atoms with van der Waals surface area (Å²) in [6, 6.07) is 0. The maximum atomic E-state index is 12.5. The van der Waals surface area contributed by atoms with Crippen LogP contribution in [0, 0.1) is 0 Å². The Morgan fingerprint density at radius 1 is 1.33 bits per heavy atom. The Bertz CT molecular complexity index is 883. The molecule has 0 amide bonds. The third-order valence-corrected chi connectivity index (χ3v) is 4.74. The van der Waals surface area contributed by atoms with Crippen molar-refractivity contribution < 1.29 is 13.9 Å². The molecule has 0 atom stereocenters. The molecule has 4 rings (SSSR count). The summed E-state index contributed by atoms with van der Waals surface area (Å²) in [4.78, 5) is 30.1. The van der Waals surface area contributed by atoms with Crippen molar-refractivity contribution in [2.45, 2.75) is 13.5 Å². The van der Waals surface area contributed by atoms with Crippen molar-refractivity contribution in [2.75, 3.05) is 32.8 Å². The second kappa shape index (κ2) is 7.36. The monoisotopic (exact) mass is 370 g/mol. The Hall–Kier alpha value is -2.94. The zero-order valence-corrected chi connectivity index (χ0v) is 15.5. The summed E-state index contributed by atoms with van der Waals surface area (Å²) in [6.07, 6.45) is 6.72. The molecule has 0 radical (unpaired) electrons. The van der Waals surface area contributed by atoms with E-state index in [0.717, 1.165) is 29.6 Å². The molecule has 142 valence electrons. The van der Waals surface area contributed by atoms with Gasteiger partial charge in [0.25, 0.3) is 0 Å². The van der Waals surface area contributed by atoms with Crippen LogP contribution in [-0.2, 0) is 23.1 Å². The molecule has 0 aromatic carbocycles. The second-order valence-electron chi connectivity index (χ2n) is 6.49. The van der Waals surface area contributed by atoms with Gasteiger partial charge in [-0.25, -0.2) is 14.8 Å². The van der Waals surface area contributed by atoms with E-state index in [1.165, 1.54) is 6.39 Å². The van der Waals surface area contributed by atoms with E-state index < -0.39 is 0 Å².